The van der Waals surface area contributed by atoms with Crippen molar-refractivity contribution in [3.8, 4) is 22.6 Å². The van der Waals surface area contributed by atoms with Gasteiger partial charge in [-0.05, 0) is 34.7 Å². The number of para-hydroxylation sites is 1. The highest BCUT2D eigenvalue weighted by atomic mass is 32.2. The molecule has 0 bridgehead atoms. The summed E-state index contributed by atoms with van der Waals surface area (Å²) >= 11 is 0. The van der Waals surface area contributed by atoms with Crippen molar-refractivity contribution in [2.75, 3.05) is 0 Å². The third kappa shape index (κ3) is 3.81. The van der Waals surface area contributed by atoms with Gasteiger partial charge in [0.05, 0.1) is 11.0 Å². The van der Waals surface area contributed by atoms with Gasteiger partial charge in [-0.1, -0.05) is 84.9 Å². The molecule has 0 fully saturated rings. The van der Waals surface area contributed by atoms with Gasteiger partial charge in [0, 0.05) is 27.9 Å². The van der Waals surface area contributed by atoms with Crippen LogP contribution in [0, 0.1) is 0 Å². The normalized spacial score (nSPS) is 12.4. The minimum atomic E-state index is -5.87. The van der Waals surface area contributed by atoms with Crippen LogP contribution in [0.5, 0.6) is 5.75 Å². The molecule has 37 heavy (non-hydrogen) atoms. The summed E-state index contributed by atoms with van der Waals surface area (Å²) < 4.78 is 70.3. The molecule has 0 aliphatic carbocycles. The van der Waals surface area contributed by atoms with Crippen molar-refractivity contribution in [2.24, 2.45) is 0 Å². The number of aromatic nitrogens is 1. The van der Waals surface area contributed by atoms with Crippen molar-refractivity contribution in [1.29, 1.82) is 0 Å². The molecule has 0 saturated heterocycles. The highest BCUT2D eigenvalue weighted by Crippen LogP contribution is 2.43. The van der Waals surface area contributed by atoms with Gasteiger partial charge >= 0.3 is 15.6 Å². The van der Waals surface area contributed by atoms with E-state index in [1.165, 1.54) is 6.07 Å². The third-order valence-electron chi connectivity index (χ3n) is 6.34. The van der Waals surface area contributed by atoms with Crippen molar-refractivity contribution >= 4 is 42.7 Å². The Morgan fingerprint density at radius 3 is 1.92 bits per heavy atom. The van der Waals surface area contributed by atoms with E-state index >= 15 is 0 Å². The van der Waals surface area contributed by atoms with Gasteiger partial charge in [-0.15, -0.1) is 0 Å². The first-order valence-corrected chi connectivity index (χ1v) is 12.8. The maximum absolute atomic E-state index is 13.2. The number of hydrogen-bond donors (Lipinski definition) is 0. The summed E-state index contributed by atoms with van der Waals surface area (Å²) in [6.07, 6.45) is 0. The van der Waals surface area contributed by atoms with Gasteiger partial charge in [0.1, 0.15) is 0 Å². The van der Waals surface area contributed by atoms with Crippen LogP contribution in [-0.4, -0.2) is 18.5 Å². The third-order valence-corrected chi connectivity index (χ3v) is 7.31. The van der Waals surface area contributed by atoms with Gasteiger partial charge in [0.15, 0.2) is 5.75 Å². The molecular formula is C29H18F3NO3S. The molecule has 0 spiro atoms. The van der Waals surface area contributed by atoms with Crippen molar-refractivity contribution in [1.82, 2.24) is 4.57 Å². The zero-order valence-corrected chi connectivity index (χ0v) is 19.9. The lowest BCUT2D eigenvalue weighted by molar-refractivity contribution is -0.0499. The fourth-order valence-corrected chi connectivity index (χ4v) is 5.21. The van der Waals surface area contributed by atoms with E-state index in [0.29, 0.717) is 10.9 Å². The second kappa shape index (κ2) is 8.38. The molecule has 6 rings (SSSR count). The van der Waals surface area contributed by atoms with Crippen LogP contribution in [0.15, 0.2) is 109 Å². The maximum Gasteiger partial charge on any atom is 0.534 e. The molecule has 5 aromatic carbocycles. The fraction of sp³-hybridized carbons (Fsp3) is 0.0345. The lowest BCUT2D eigenvalue weighted by atomic mass is 10.0. The largest absolute Gasteiger partial charge is 0.534 e. The molecule has 6 aromatic rings. The van der Waals surface area contributed by atoms with Crippen LogP contribution < -0.4 is 4.18 Å². The van der Waals surface area contributed by atoms with Gasteiger partial charge in [-0.2, -0.15) is 21.6 Å². The Morgan fingerprint density at radius 2 is 1.24 bits per heavy atom. The van der Waals surface area contributed by atoms with Crippen LogP contribution in [-0.2, 0) is 10.1 Å². The van der Waals surface area contributed by atoms with E-state index < -0.39 is 15.6 Å². The molecule has 184 valence electrons. The molecule has 0 aliphatic heterocycles. The molecule has 1 aromatic heterocycles. The SMILES string of the molecule is O=S(=O)(Oc1cc2c(c3ccccc13)c1ccc(-c3ccccc3)cc1n2-c1ccccc1)C(F)(F)F. The Labute approximate surface area is 210 Å². The molecule has 0 atom stereocenters. The molecule has 1 heterocycles. The number of halogens is 3. The number of fused-ring (bicyclic) bond motifs is 5. The van der Waals surface area contributed by atoms with Crippen LogP contribution in [0.1, 0.15) is 0 Å². The molecule has 0 unspecified atom stereocenters. The fourth-order valence-electron chi connectivity index (χ4n) is 4.75. The first-order valence-electron chi connectivity index (χ1n) is 11.4. The van der Waals surface area contributed by atoms with E-state index in [1.54, 1.807) is 24.3 Å². The molecule has 8 heteroatoms. The Kier molecular flexibility index (Phi) is 5.24. The van der Waals surface area contributed by atoms with E-state index in [-0.39, 0.29) is 11.1 Å². The van der Waals surface area contributed by atoms with Gasteiger partial charge < -0.3 is 8.75 Å². The average Bonchev–Trinajstić information content (AvgIpc) is 3.22. The van der Waals surface area contributed by atoms with Gasteiger partial charge in [0.25, 0.3) is 0 Å². The zero-order valence-electron chi connectivity index (χ0n) is 19.1. The summed E-state index contributed by atoms with van der Waals surface area (Å²) in [5, 5.41) is 2.51. The predicted octanol–water partition coefficient (Wildman–Crippen LogP) is 7.83. The van der Waals surface area contributed by atoms with Crippen LogP contribution in [0.2, 0.25) is 0 Å². The van der Waals surface area contributed by atoms with E-state index in [4.69, 9.17) is 4.18 Å². The smallest absolute Gasteiger partial charge is 0.375 e. The van der Waals surface area contributed by atoms with Gasteiger partial charge in [-0.25, -0.2) is 0 Å². The lowest BCUT2D eigenvalue weighted by Crippen LogP contribution is -2.28. The monoisotopic (exact) mass is 517 g/mol. The number of alkyl halides is 3. The summed E-state index contributed by atoms with van der Waals surface area (Å²) in [6.45, 7) is 0. The molecule has 4 nitrogen and oxygen atoms in total. The summed E-state index contributed by atoms with van der Waals surface area (Å²) in [5.74, 6) is -0.385. The number of hydrogen-bond acceptors (Lipinski definition) is 3. The van der Waals surface area contributed by atoms with E-state index in [0.717, 1.165) is 33.1 Å². The Balaban J connectivity index is 1.74. The van der Waals surface area contributed by atoms with Gasteiger partial charge in [0.2, 0.25) is 0 Å². The van der Waals surface area contributed by atoms with E-state index in [9.17, 15) is 21.6 Å². The minimum Gasteiger partial charge on any atom is -0.375 e. The Hall–Kier alpha value is -4.30. The topological polar surface area (TPSA) is 48.3 Å². The van der Waals surface area contributed by atoms with Crippen LogP contribution in [0.4, 0.5) is 13.2 Å². The summed E-state index contributed by atoms with van der Waals surface area (Å²) in [7, 11) is -5.87. The highest BCUT2D eigenvalue weighted by molar-refractivity contribution is 7.88. The van der Waals surface area contributed by atoms with Gasteiger partial charge in [-0.3, -0.25) is 0 Å². The summed E-state index contributed by atoms with van der Waals surface area (Å²) in [5.41, 5.74) is -1.46. The molecule has 0 amide bonds. The predicted molar refractivity (Wildman–Crippen MR) is 139 cm³/mol. The van der Waals surface area contributed by atoms with Crippen molar-refractivity contribution in [2.45, 2.75) is 5.51 Å². The molecular weight excluding hydrogens is 499 g/mol. The van der Waals surface area contributed by atoms with Crippen molar-refractivity contribution in [3.63, 3.8) is 0 Å². The van der Waals surface area contributed by atoms with Crippen molar-refractivity contribution in [3.05, 3.63) is 109 Å². The van der Waals surface area contributed by atoms with E-state index in [2.05, 4.69) is 0 Å². The Morgan fingerprint density at radius 1 is 0.622 bits per heavy atom. The molecule has 0 aliphatic rings. The lowest BCUT2D eigenvalue weighted by Gasteiger charge is -2.14. The summed E-state index contributed by atoms with van der Waals surface area (Å²) in [4.78, 5) is 0. The number of benzene rings is 5. The minimum absolute atomic E-state index is 0.266. The quantitative estimate of drug-likeness (QED) is 0.177. The van der Waals surface area contributed by atoms with Crippen LogP contribution in [0.3, 0.4) is 0 Å². The molecule has 0 N–H and O–H groups in total. The second-order valence-electron chi connectivity index (χ2n) is 8.57. The first kappa shape index (κ1) is 23.1. The zero-order chi connectivity index (χ0) is 25.8. The van der Waals surface area contributed by atoms with Crippen molar-refractivity contribution < 1.29 is 25.8 Å². The molecule has 0 saturated carbocycles. The average molecular weight is 518 g/mol. The Bertz CT molecular complexity index is 1900. The van der Waals surface area contributed by atoms with Crippen LogP contribution >= 0.6 is 0 Å². The second-order valence-corrected chi connectivity index (χ2v) is 10.1. The highest BCUT2D eigenvalue weighted by Gasteiger charge is 2.48. The maximum atomic E-state index is 13.2. The standard InChI is InChI=1S/C29H18F3NO3S/c30-29(31,32)37(34,35)36-27-18-26-28(23-14-8-7-13-22(23)27)24-16-15-20(19-9-3-1-4-10-19)17-25(24)33(26)21-11-5-2-6-12-21/h1-18H. The summed E-state index contributed by atoms with van der Waals surface area (Å²) in [6, 6.07) is 33.3. The van der Waals surface area contributed by atoms with E-state index in [1.807, 2.05) is 83.4 Å². The van der Waals surface area contributed by atoms with Crippen LogP contribution in [0.25, 0.3) is 49.4 Å². The number of nitrogens with zero attached hydrogens (tertiary/aromatic N) is 1. The number of rotatable bonds is 4. The first-order chi connectivity index (χ1) is 17.7. The molecule has 0 radical (unpaired) electrons.